The molecule has 1 aliphatic rings. The van der Waals surface area contributed by atoms with E-state index < -0.39 is 0 Å². The van der Waals surface area contributed by atoms with E-state index in [9.17, 15) is 4.79 Å². The van der Waals surface area contributed by atoms with E-state index in [0.717, 1.165) is 32.5 Å². The lowest BCUT2D eigenvalue weighted by Gasteiger charge is -2.31. The van der Waals surface area contributed by atoms with Gasteiger partial charge in [0.1, 0.15) is 0 Å². The molecule has 0 saturated carbocycles. The van der Waals surface area contributed by atoms with E-state index in [-0.39, 0.29) is 5.91 Å². The third-order valence-electron chi connectivity index (χ3n) is 3.28. The third kappa shape index (κ3) is 3.53. The summed E-state index contributed by atoms with van der Waals surface area (Å²) < 4.78 is 0. The second-order valence-corrected chi connectivity index (χ2v) is 4.52. The fourth-order valence-corrected chi connectivity index (χ4v) is 2.16. The first-order valence-electron chi connectivity index (χ1n) is 6.13. The predicted octanol–water partition coefficient (Wildman–Crippen LogP) is 1.18. The Bertz CT molecular complexity index is 358. The van der Waals surface area contributed by atoms with E-state index >= 15 is 0 Å². The van der Waals surface area contributed by atoms with Crippen molar-refractivity contribution in [2.24, 2.45) is 0 Å². The first-order valence-corrected chi connectivity index (χ1v) is 6.13. The number of hydrogen-bond donors (Lipinski definition) is 1. The van der Waals surface area contributed by atoms with Gasteiger partial charge in [0.2, 0.25) is 5.91 Å². The molecule has 92 valence electrons. The first-order chi connectivity index (χ1) is 8.25. The van der Waals surface area contributed by atoms with Crippen LogP contribution in [0, 0.1) is 0 Å². The molecule has 17 heavy (non-hydrogen) atoms. The summed E-state index contributed by atoms with van der Waals surface area (Å²) in [5.41, 5.74) is 1.26. The van der Waals surface area contributed by atoms with Crippen LogP contribution in [-0.2, 0) is 11.3 Å². The number of nitrogens with one attached hydrogen (secondary N) is 1. The lowest BCUT2D eigenvalue weighted by Crippen LogP contribution is -2.43. The second-order valence-electron chi connectivity index (χ2n) is 4.52. The van der Waals surface area contributed by atoms with Crippen molar-refractivity contribution in [2.45, 2.75) is 32.4 Å². The Morgan fingerprint density at radius 2 is 2.06 bits per heavy atom. The highest BCUT2D eigenvalue weighted by molar-refractivity contribution is 5.73. The molecule has 2 rings (SSSR count). The summed E-state index contributed by atoms with van der Waals surface area (Å²) in [4.78, 5) is 17.1. The smallest absolute Gasteiger partial charge is 0.219 e. The molecule has 0 unspecified atom stereocenters. The number of likely N-dealkylation sites (tertiary alicyclic amines) is 1. The van der Waals surface area contributed by atoms with Crippen LogP contribution in [0.15, 0.2) is 24.5 Å². The molecule has 4 heteroatoms. The van der Waals surface area contributed by atoms with Crippen molar-refractivity contribution in [2.75, 3.05) is 13.1 Å². The van der Waals surface area contributed by atoms with Gasteiger partial charge in [0.25, 0.3) is 0 Å². The topological polar surface area (TPSA) is 45.2 Å². The van der Waals surface area contributed by atoms with Crippen molar-refractivity contribution in [3.8, 4) is 0 Å². The molecular formula is C13H19N3O. The number of piperidine rings is 1. The van der Waals surface area contributed by atoms with Gasteiger partial charge < -0.3 is 10.2 Å². The SMILES string of the molecule is CC(=O)N1CCC(NCc2ccncc2)CC1. The van der Waals surface area contributed by atoms with Gasteiger partial charge in [-0.25, -0.2) is 0 Å². The monoisotopic (exact) mass is 233 g/mol. The molecule has 0 radical (unpaired) electrons. The molecule has 0 atom stereocenters. The van der Waals surface area contributed by atoms with Crippen LogP contribution < -0.4 is 5.32 Å². The Morgan fingerprint density at radius 3 is 2.65 bits per heavy atom. The molecule has 2 heterocycles. The molecule has 4 nitrogen and oxygen atoms in total. The molecule has 1 fully saturated rings. The van der Waals surface area contributed by atoms with Crippen LogP contribution >= 0.6 is 0 Å². The lowest BCUT2D eigenvalue weighted by atomic mass is 10.0. The Balaban J connectivity index is 1.74. The van der Waals surface area contributed by atoms with Crippen molar-refractivity contribution in [3.05, 3.63) is 30.1 Å². The maximum Gasteiger partial charge on any atom is 0.219 e. The van der Waals surface area contributed by atoms with Crippen molar-refractivity contribution >= 4 is 5.91 Å². The average molecular weight is 233 g/mol. The maximum atomic E-state index is 11.2. The molecule has 1 aliphatic heterocycles. The Hall–Kier alpha value is -1.42. The zero-order valence-electron chi connectivity index (χ0n) is 10.2. The number of aromatic nitrogens is 1. The zero-order chi connectivity index (χ0) is 12.1. The highest BCUT2D eigenvalue weighted by Crippen LogP contribution is 2.11. The van der Waals surface area contributed by atoms with Crippen LogP contribution in [0.4, 0.5) is 0 Å². The minimum Gasteiger partial charge on any atom is -0.343 e. The van der Waals surface area contributed by atoms with Crippen LogP contribution in [0.25, 0.3) is 0 Å². The van der Waals surface area contributed by atoms with Crippen LogP contribution in [0.3, 0.4) is 0 Å². The number of pyridine rings is 1. The lowest BCUT2D eigenvalue weighted by molar-refractivity contribution is -0.129. The van der Waals surface area contributed by atoms with Crippen LogP contribution in [0.1, 0.15) is 25.3 Å². The number of nitrogens with zero attached hydrogens (tertiary/aromatic N) is 2. The highest BCUT2D eigenvalue weighted by Gasteiger charge is 2.19. The first kappa shape index (κ1) is 12.0. The summed E-state index contributed by atoms with van der Waals surface area (Å²) in [6, 6.07) is 4.58. The van der Waals surface area contributed by atoms with Crippen LogP contribution in [0.2, 0.25) is 0 Å². The average Bonchev–Trinajstić information content (AvgIpc) is 2.38. The molecule has 1 saturated heterocycles. The van der Waals surface area contributed by atoms with E-state index in [1.807, 2.05) is 29.4 Å². The molecular weight excluding hydrogens is 214 g/mol. The van der Waals surface area contributed by atoms with Gasteiger partial charge in [0.05, 0.1) is 0 Å². The van der Waals surface area contributed by atoms with Gasteiger partial charge in [0.15, 0.2) is 0 Å². The van der Waals surface area contributed by atoms with Crippen molar-refractivity contribution in [1.29, 1.82) is 0 Å². The Kier molecular flexibility index (Phi) is 4.09. The molecule has 0 spiro atoms. The zero-order valence-corrected chi connectivity index (χ0v) is 10.2. The summed E-state index contributed by atoms with van der Waals surface area (Å²) in [7, 11) is 0. The minimum absolute atomic E-state index is 0.192. The summed E-state index contributed by atoms with van der Waals surface area (Å²) in [6.45, 7) is 4.28. The predicted molar refractivity (Wildman–Crippen MR) is 66.4 cm³/mol. The van der Waals surface area contributed by atoms with Crippen LogP contribution in [0.5, 0.6) is 0 Å². The molecule has 0 aliphatic carbocycles. The van der Waals surface area contributed by atoms with E-state index in [1.54, 1.807) is 6.92 Å². The number of hydrogen-bond acceptors (Lipinski definition) is 3. The Labute approximate surface area is 102 Å². The van der Waals surface area contributed by atoms with Gasteiger partial charge in [-0.15, -0.1) is 0 Å². The standard InChI is InChI=1S/C13H19N3O/c1-11(17)16-8-4-13(5-9-16)15-10-12-2-6-14-7-3-12/h2-3,6-7,13,15H,4-5,8-10H2,1H3. The van der Waals surface area contributed by atoms with Crippen LogP contribution in [-0.4, -0.2) is 34.9 Å². The number of carbonyl (C=O) groups is 1. The number of amides is 1. The van der Waals surface area contributed by atoms with Gasteiger partial charge >= 0.3 is 0 Å². The summed E-state index contributed by atoms with van der Waals surface area (Å²) in [6.07, 6.45) is 5.72. The largest absolute Gasteiger partial charge is 0.343 e. The minimum atomic E-state index is 0.192. The van der Waals surface area contributed by atoms with Gasteiger partial charge in [-0.3, -0.25) is 9.78 Å². The highest BCUT2D eigenvalue weighted by atomic mass is 16.2. The molecule has 1 aromatic heterocycles. The Morgan fingerprint density at radius 1 is 1.41 bits per heavy atom. The normalized spacial score (nSPS) is 17.1. The maximum absolute atomic E-state index is 11.2. The fraction of sp³-hybridized carbons (Fsp3) is 0.538. The molecule has 1 aromatic rings. The van der Waals surface area contributed by atoms with Crippen molar-refractivity contribution < 1.29 is 4.79 Å². The van der Waals surface area contributed by atoms with Gasteiger partial charge in [-0.05, 0) is 30.5 Å². The van der Waals surface area contributed by atoms with Crippen molar-refractivity contribution in [3.63, 3.8) is 0 Å². The van der Waals surface area contributed by atoms with E-state index in [0.29, 0.717) is 6.04 Å². The molecule has 1 amide bonds. The fourth-order valence-electron chi connectivity index (χ4n) is 2.16. The van der Waals surface area contributed by atoms with Gasteiger partial charge in [0, 0.05) is 45.0 Å². The van der Waals surface area contributed by atoms with Gasteiger partial charge in [-0.2, -0.15) is 0 Å². The van der Waals surface area contributed by atoms with E-state index in [4.69, 9.17) is 0 Å². The molecule has 0 aromatic carbocycles. The summed E-state index contributed by atoms with van der Waals surface area (Å²) in [5.74, 6) is 0.192. The third-order valence-corrected chi connectivity index (χ3v) is 3.28. The molecule has 1 N–H and O–H groups in total. The second kappa shape index (κ2) is 5.77. The summed E-state index contributed by atoms with van der Waals surface area (Å²) >= 11 is 0. The quantitative estimate of drug-likeness (QED) is 0.852. The number of rotatable bonds is 3. The van der Waals surface area contributed by atoms with E-state index in [2.05, 4.69) is 10.3 Å². The summed E-state index contributed by atoms with van der Waals surface area (Å²) in [5, 5.41) is 3.53. The van der Waals surface area contributed by atoms with E-state index in [1.165, 1.54) is 5.56 Å². The van der Waals surface area contributed by atoms with Gasteiger partial charge in [-0.1, -0.05) is 0 Å². The number of carbonyl (C=O) groups excluding carboxylic acids is 1. The molecule has 0 bridgehead atoms. The van der Waals surface area contributed by atoms with Crippen molar-refractivity contribution in [1.82, 2.24) is 15.2 Å².